The Hall–Kier alpha value is -3.68. The van der Waals surface area contributed by atoms with Gasteiger partial charge >= 0.3 is 0 Å². The van der Waals surface area contributed by atoms with Crippen molar-refractivity contribution in [3.63, 3.8) is 0 Å². The zero-order chi connectivity index (χ0) is 20.1. The maximum atomic E-state index is 13.8. The molecule has 2 aromatic carbocycles. The van der Waals surface area contributed by atoms with Crippen LogP contribution in [0.25, 0.3) is 0 Å². The van der Waals surface area contributed by atoms with Gasteiger partial charge in [-0.25, -0.2) is 14.4 Å². The molecule has 7 nitrogen and oxygen atoms in total. The van der Waals surface area contributed by atoms with Gasteiger partial charge in [0.2, 0.25) is 0 Å². The summed E-state index contributed by atoms with van der Waals surface area (Å²) in [7, 11) is 3.04. The molecule has 0 unspecified atom stereocenters. The van der Waals surface area contributed by atoms with E-state index in [1.807, 2.05) is 0 Å². The summed E-state index contributed by atoms with van der Waals surface area (Å²) in [4.78, 5) is 21.0. The lowest BCUT2D eigenvalue weighted by atomic mass is 10.2. The lowest BCUT2D eigenvalue weighted by molar-refractivity contribution is 0.102. The maximum absolute atomic E-state index is 13.8. The second-order valence-corrected chi connectivity index (χ2v) is 5.81. The Morgan fingerprint density at radius 3 is 2.46 bits per heavy atom. The molecule has 0 aliphatic carbocycles. The van der Waals surface area contributed by atoms with Gasteiger partial charge in [0.1, 0.15) is 23.2 Å². The van der Waals surface area contributed by atoms with E-state index in [0.29, 0.717) is 28.8 Å². The Morgan fingerprint density at radius 2 is 1.75 bits per heavy atom. The molecule has 0 radical (unpaired) electrons. The lowest BCUT2D eigenvalue weighted by Gasteiger charge is -2.11. The summed E-state index contributed by atoms with van der Waals surface area (Å²) in [5.41, 5.74) is 0.913. The maximum Gasteiger partial charge on any atom is 0.274 e. The zero-order valence-corrected chi connectivity index (χ0v) is 15.6. The van der Waals surface area contributed by atoms with Crippen molar-refractivity contribution in [2.75, 3.05) is 24.9 Å². The SMILES string of the molecule is COc1ccc(NC(=O)c2cc(Nc3ccccc3F)nc(C)n2)cc1OC. The van der Waals surface area contributed by atoms with Gasteiger partial charge in [0.15, 0.2) is 11.5 Å². The number of aromatic nitrogens is 2. The number of carbonyl (C=O) groups is 1. The van der Waals surface area contributed by atoms with Gasteiger partial charge in [0, 0.05) is 17.8 Å². The van der Waals surface area contributed by atoms with E-state index in [0.717, 1.165) is 0 Å². The van der Waals surface area contributed by atoms with Crippen LogP contribution in [-0.2, 0) is 0 Å². The molecule has 0 saturated carbocycles. The van der Waals surface area contributed by atoms with Crippen molar-refractivity contribution in [2.24, 2.45) is 0 Å². The molecule has 2 N–H and O–H groups in total. The van der Waals surface area contributed by atoms with Crippen molar-refractivity contribution in [1.29, 1.82) is 0 Å². The number of benzene rings is 2. The van der Waals surface area contributed by atoms with E-state index in [1.54, 1.807) is 43.3 Å². The van der Waals surface area contributed by atoms with Crippen LogP contribution in [0.4, 0.5) is 21.6 Å². The van der Waals surface area contributed by atoms with Gasteiger partial charge in [0.05, 0.1) is 19.9 Å². The molecule has 0 aliphatic heterocycles. The van der Waals surface area contributed by atoms with Crippen molar-refractivity contribution >= 4 is 23.1 Å². The van der Waals surface area contributed by atoms with Gasteiger partial charge in [-0.05, 0) is 31.2 Å². The van der Waals surface area contributed by atoms with Crippen LogP contribution >= 0.6 is 0 Å². The number of halogens is 1. The molecule has 0 spiro atoms. The average Bonchev–Trinajstić information content (AvgIpc) is 2.69. The third kappa shape index (κ3) is 4.35. The van der Waals surface area contributed by atoms with Crippen LogP contribution in [0.3, 0.4) is 0 Å². The molecule has 144 valence electrons. The van der Waals surface area contributed by atoms with Gasteiger partial charge in [-0.3, -0.25) is 4.79 Å². The number of rotatable bonds is 6. The molecule has 3 aromatic rings. The van der Waals surface area contributed by atoms with Gasteiger partial charge in [-0.1, -0.05) is 12.1 Å². The van der Waals surface area contributed by atoms with E-state index in [2.05, 4.69) is 20.6 Å². The first-order valence-electron chi connectivity index (χ1n) is 8.41. The first-order valence-corrected chi connectivity index (χ1v) is 8.41. The number of nitrogens with zero attached hydrogens (tertiary/aromatic N) is 2. The number of nitrogens with one attached hydrogen (secondary N) is 2. The minimum Gasteiger partial charge on any atom is -0.493 e. The molecular formula is C20H19FN4O3. The van der Waals surface area contributed by atoms with E-state index in [1.165, 1.54) is 26.4 Å². The number of hydrogen-bond acceptors (Lipinski definition) is 6. The molecule has 0 atom stereocenters. The summed E-state index contributed by atoms with van der Waals surface area (Å²) < 4.78 is 24.3. The minimum atomic E-state index is -0.436. The van der Waals surface area contributed by atoms with E-state index >= 15 is 0 Å². The molecule has 3 rings (SSSR count). The van der Waals surface area contributed by atoms with Gasteiger partial charge in [-0.15, -0.1) is 0 Å². The number of methoxy groups -OCH3 is 2. The fraction of sp³-hybridized carbons (Fsp3) is 0.150. The van der Waals surface area contributed by atoms with Crippen LogP contribution in [0.1, 0.15) is 16.3 Å². The van der Waals surface area contributed by atoms with Gasteiger partial charge < -0.3 is 20.1 Å². The third-order valence-electron chi connectivity index (χ3n) is 3.85. The third-order valence-corrected chi connectivity index (χ3v) is 3.85. The quantitative estimate of drug-likeness (QED) is 0.672. The fourth-order valence-electron chi connectivity index (χ4n) is 2.56. The molecule has 0 aliphatic rings. The van der Waals surface area contributed by atoms with Crippen molar-refractivity contribution in [3.8, 4) is 11.5 Å². The van der Waals surface area contributed by atoms with Crippen LogP contribution in [-0.4, -0.2) is 30.1 Å². The summed E-state index contributed by atoms with van der Waals surface area (Å²) in [6.45, 7) is 1.65. The highest BCUT2D eigenvalue weighted by Gasteiger charge is 2.13. The largest absolute Gasteiger partial charge is 0.493 e. The van der Waals surface area contributed by atoms with Crippen LogP contribution in [0.2, 0.25) is 0 Å². The highest BCUT2D eigenvalue weighted by Crippen LogP contribution is 2.30. The van der Waals surface area contributed by atoms with Crippen LogP contribution < -0.4 is 20.1 Å². The Labute approximate surface area is 161 Å². The molecule has 0 bridgehead atoms. The first-order chi connectivity index (χ1) is 13.5. The summed E-state index contributed by atoms with van der Waals surface area (Å²) in [6, 6.07) is 12.7. The molecular weight excluding hydrogens is 363 g/mol. The first kappa shape index (κ1) is 19.1. The van der Waals surface area contributed by atoms with Gasteiger partial charge in [0.25, 0.3) is 5.91 Å². The van der Waals surface area contributed by atoms with Crippen LogP contribution in [0.15, 0.2) is 48.5 Å². The molecule has 1 amide bonds. The summed E-state index contributed by atoms with van der Waals surface area (Å²) in [5.74, 6) is 0.870. The smallest absolute Gasteiger partial charge is 0.274 e. The summed E-state index contributed by atoms with van der Waals surface area (Å²) >= 11 is 0. The number of anilines is 3. The topological polar surface area (TPSA) is 85.4 Å². The second kappa shape index (κ2) is 8.34. The minimum absolute atomic E-state index is 0.140. The zero-order valence-electron chi connectivity index (χ0n) is 15.6. The number of amides is 1. The molecule has 28 heavy (non-hydrogen) atoms. The normalized spacial score (nSPS) is 10.3. The highest BCUT2D eigenvalue weighted by atomic mass is 19.1. The number of ether oxygens (including phenoxy) is 2. The highest BCUT2D eigenvalue weighted by molar-refractivity contribution is 6.03. The van der Waals surface area contributed by atoms with Crippen LogP contribution in [0.5, 0.6) is 11.5 Å². The van der Waals surface area contributed by atoms with E-state index < -0.39 is 11.7 Å². The van der Waals surface area contributed by atoms with E-state index in [9.17, 15) is 9.18 Å². The Kier molecular flexibility index (Phi) is 5.69. The fourth-order valence-corrected chi connectivity index (χ4v) is 2.56. The lowest BCUT2D eigenvalue weighted by Crippen LogP contribution is -2.15. The standard InChI is InChI=1S/C20H19FN4O3/c1-12-22-16(11-19(23-12)25-15-7-5-4-6-14(15)21)20(26)24-13-8-9-17(27-2)18(10-13)28-3/h4-11H,1-3H3,(H,24,26)(H,22,23,25). The number of aryl methyl sites for hydroxylation is 1. The second-order valence-electron chi connectivity index (χ2n) is 5.81. The molecule has 8 heteroatoms. The Balaban J connectivity index is 1.82. The molecule has 0 saturated heterocycles. The number of para-hydroxylation sites is 1. The average molecular weight is 382 g/mol. The Bertz CT molecular complexity index is 1010. The molecule has 1 heterocycles. The van der Waals surface area contributed by atoms with Crippen molar-refractivity contribution < 1.29 is 18.7 Å². The van der Waals surface area contributed by atoms with E-state index in [4.69, 9.17) is 9.47 Å². The number of carbonyl (C=O) groups excluding carboxylic acids is 1. The predicted octanol–water partition coefficient (Wildman–Crippen LogP) is 3.94. The number of hydrogen-bond donors (Lipinski definition) is 2. The van der Waals surface area contributed by atoms with Gasteiger partial charge in [-0.2, -0.15) is 0 Å². The van der Waals surface area contributed by atoms with Crippen molar-refractivity contribution in [1.82, 2.24) is 9.97 Å². The van der Waals surface area contributed by atoms with Crippen molar-refractivity contribution in [3.05, 3.63) is 65.9 Å². The summed E-state index contributed by atoms with van der Waals surface area (Å²) in [6.07, 6.45) is 0. The van der Waals surface area contributed by atoms with E-state index in [-0.39, 0.29) is 11.4 Å². The Morgan fingerprint density at radius 1 is 1.00 bits per heavy atom. The van der Waals surface area contributed by atoms with Crippen molar-refractivity contribution in [2.45, 2.75) is 6.92 Å². The molecule has 1 aromatic heterocycles. The monoisotopic (exact) mass is 382 g/mol. The molecule has 0 fully saturated rings. The van der Waals surface area contributed by atoms with Crippen LogP contribution in [0, 0.1) is 12.7 Å². The predicted molar refractivity (Wildman–Crippen MR) is 104 cm³/mol. The summed E-state index contributed by atoms with van der Waals surface area (Å²) in [5, 5.41) is 5.61.